The number of rotatable bonds is 5. The lowest BCUT2D eigenvalue weighted by Crippen LogP contribution is -2.21. The van der Waals surface area contributed by atoms with Gasteiger partial charge in [-0.15, -0.1) is 0 Å². The highest BCUT2D eigenvalue weighted by atomic mass is 16.3. The summed E-state index contributed by atoms with van der Waals surface area (Å²) in [4.78, 5) is 2.16. The van der Waals surface area contributed by atoms with E-state index in [1.54, 1.807) is 24.3 Å². The molecule has 0 atom stereocenters. The van der Waals surface area contributed by atoms with Crippen LogP contribution in [0.3, 0.4) is 0 Å². The normalized spacial score (nSPS) is 15.9. The zero-order valence-electron chi connectivity index (χ0n) is 13.2. The van der Waals surface area contributed by atoms with Crippen molar-refractivity contribution in [2.24, 2.45) is 5.10 Å². The summed E-state index contributed by atoms with van der Waals surface area (Å²) in [6.45, 7) is 7.87. The topological polar surface area (TPSA) is 71.7 Å². The van der Waals surface area contributed by atoms with Crippen molar-refractivity contribution in [1.29, 1.82) is 5.41 Å². The van der Waals surface area contributed by atoms with Gasteiger partial charge in [0.2, 0.25) is 0 Å². The Balaban J connectivity index is 2.15. The van der Waals surface area contributed by atoms with Crippen molar-refractivity contribution in [1.82, 2.24) is 0 Å². The number of nitrogens with zero attached hydrogens (tertiary/aromatic N) is 2. The van der Waals surface area contributed by atoms with E-state index in [1.165, 1.54) is 0 Å². The highest BCUT2D eigenvalue weighted by molar-refractivity contribution is 6.50. The zero-order valence-corrected chi connectivity index (χ0v) is 13.2. The van der Waals surface area contributed by atoms with Crippen molar-refractivity contribution in [2.45, 2.75) is 20.8 Å². The summed E-state index contributed by atoms with van der Waals surface area (Å²) in [6.07, 6.45) is 5.44. The lowest BCUT2D eigenvalue weighted by molar-refractivity contribution is 0.477. The van der Waals surface area contributed by atoms with Crippen LogP contribution in [0.25, 0.3) is 0 Å². The molecular formula is C17H22N4O. The van der Waals surface area contributed by atoms with Gasteiger partial charge in [0.05, 0.1) is 11.4 Å². The Kier molecular flexibility index (Phi) is 4.99. The molecule has 5 heteroatoms. The lowest BCUT2D eigenvalue weighted by atomic mass is 10.1. The SMILES string of the molecule is CCN(CC)c1ccc(N/N=C2/C=CC(C)=CC2=N)c(O)c1. The summed E-state index contributed by atoms with van der Waals surface area (Å²) >= 11 is 0. The molecule has 1 aliphatic carbocycles. The van der Waals surface area contributed by atoms with Gasteiger partial charge in [-0.1, -0.05) is 6.08 Å². The maximum atomic E-state index is 10.1. The Morgan fingerprint density at radius 2 is 1.95 bits per heavy atom. The number of hydrazone groups is 1. The van der Waals surface area contributed by atoms with Crippen molar-refractivity contribution in [3.8, 4) is 5.75 Å². The maximum absolute atomic E-state index is 10.1. The number of anilines is 2. The molecule has 0 radical (unpaired) electrons. The molecule has 1 aromatic carbocycles. The minimum absolute atomic E-state index is 0.145. The fraction of sp³-hybridized carbons (Fsp3) is 0.294. The van der Waals surface area contributed by atoms with E-state index in [2.05, 4.69) is 29.3 Å². The molecule has 0 fully saturated rings. The molecule has 1 aliphatic rings. The van der Waals surface area contributed by atoms with E-state index in [0.29, 0.717) is 17.1 Å². The maximum Gasteiger partial charge on any atom is 0.142 e. The molecule has 0 saturated carbocycles. The molecule has 0 spiro atoms. The number of hydrogen-bond acceptors (Lipinski definition) is 5. The predicted octanol–water partition coefficient (Wildman–Crippen LogP) is 3.54. The van der Waals surface area contributed by atoms with Gasteiger partial charge in [-0.05, 0) is 50.6 Å². The fourth-order valence-corrected chi connectivity index (χ4v) is 2.27. The van der Waals surface area contributed by atoms with Crippen molar-refractivity contribution in [2.75, 3.05) is 23.4 Å². The Morgan fingerprint density at radius 3 is 2.55 bits per heavy atom. The molecular weight excluding hydrogens is 276 g/mol. The number of aromatic hydroxyl groups is 1. The molecule has 0 aromatic heterocycles. The fourth-order valence-electron chi connectivity index (χ4n) is 2.27. The van der Waals surface area contributed by atoms with E-state index in [4.69, 9.17) is 5.41 Å². The van der Waals surface area contributed by atoms with Crippen molar-refractivity contribution >= 4 is 22.8 Å². The second-order valence-corrected chi connectivity index (χ2v) is 5.12. The van der Waals surface area contributed by atoms with Gasteiger partial charge in [0.1, 0.15) is 11.5 Å². The van der Waals surface area contributed by atoms with Crippen molar-refractivity contribution in [3.63, 3.8) is 0 Å². The van der Waals surface area contributed by atoms with Gasteiger partial charge < -0.3 is 10.0 Å². The zero-order chi connectivity index (χ0) is 16.1. The first-order chi connectivity index (χ1) is 10.5. The minimum atomic E-state index is 0.145. The number of allylic oxidation sites excluding steroid dienone is 4. The molecule has 22 heavy (non-hydrogen) atoms. The van der Waals surface area contributed by atoms with E-state index >= 15 is 0 Å². The van der Waals surface area contributed by atoms with Crippen LogP contribution < -0.4 is 10.3 Å². The van der Waals surface area contributed by atoms with Crippen LogP contribution in [0.5, 0.6) is 5.75 Å². The highest BCUT2D eigenvalue weighted by Gasteiger charge is 2.09. The van der Waals surface area contributed by atoms with Crippen LogP contribution in [0.1, 0.15) is 20.8 Å². The van der Waals surface area contributed by atoms with Gasteiger partial charge in [-0.2, -0.15) is 5.10 Å². The molecule has 1 aromatic rings. The average molecular weight is 298 g/mol. The van der Waals surface area contributed by atoms with Gasteiger partial charge in [0.15, 0.2) is 0 Å². The molecule has 116 valence electrons. The van der Waals surface area contributed by atoms with Gasteiger partial charge in [-0.25, -0.2) is 0 Å². The van der Waals surface area contributed by atoms with Crippen LogP contribution in [0.15, 0.2) is 47.1 Å². The minimum Gasteiger partial charge on any atom is -0.506 e. The molecule has 0 amide bonds. The van der Waals surface area contributed by atoms with Gasteiger partial charge in [0, 0.05) is 24.8 Å². The number of phenols is 1. The van der Waals surface area contributed by atoms with E-state index in [1.807, 2.05) is 19.1 Å². The highest BCUT2D eigenvalue weighted by Crippen LogP contribution is 2.28. The summed E-state index contributed by atoms with van der Waals surface area (Å²) in [5, 5.41) is 22.2. The number of nitrogens with one attached hydrogen (secondary N) is 2. The smallest absolute Gasteiger partial charge is 0.142 e. The largest absolute Gasteiger partial charge is 0.506 e. The number of benzene rings is 1. The van der Waals surface area contributed by atoms with Gasteiger partial charge >= 0.3 is 0 Å². The molecule has 0 saturated heterocycles. The van der Waals surface area contributed by atoms with E-state index in [9.17, 15) is 5.11 Å². The Hall–Kier alpha value is -2.56. The molecule has 3 N–H and O–H groups in total. The number of phenolic OH excluding ortho intramolecular Hbond substituents is 1. The third-order valence-electron chi connectivity index (χ3n) is 3.56. The summed E-state index contributed by atoms with van der Waals surface area (Å²) in [5.74, 6) is 0.145. The van der Waals surface area contributed by atoms with Crippen molar-refractivity contribution in [3.05, 3.63) is 42.0 Å². The third kappa shape index (κ3) is 3.55. The average Bonchev–Trinajstić information content (AvgIpc) is 2.49. The summed E-state index contributed by atoms with van der Waals surface area (Å²) in [7, 11) is 0. The molecule has 0 unspecified atom stereocenters. The van der Waals surface area contributed by atoms with Crippen LogP contribution in [0.4, 0.5) is 11.4 Å². The van der Waals surface area contributed by atoms with Gasteiger partial charge in [-0.3, -0.25) is 10.8 Å². The van der Waals surface area contributed by atoms with E-state index in [-0.39, 0.29) is 5.75 Å². The molecule has 5 nitrogen and oxygen atoms in total. The van der Waals surface area contributed by atoms with Crippen LogP contribution in [0.2, 0.25) is 0 Å². The number of hydrogen-bond donors (Lipinski definition) is 3. The summed E-state index contributed by atoms with van der Waals surface area (Å²) in [6, 6.07) is 5.47. The van der Waals surface area contributed by atoms with Crippen LogP contribution in [-0.2, 0) is 0 Å². The molecule has 0 heterocycles. The first-order valence-corrected chi connectivity index (χ1v) is 7.42. The quantitative estimate of drug-likeness (QED) is 0.442. The predicted molar refractivity (Wildman–Crippen MR) is 93.3 cm³/mol. The monoisotopic (exact) mass is 298 g/mol. The Morgan fingerprint density at radius 1 is 1.23 bits per heavy atom. The molecule has 2 rings (SSSR count). The second kappa shape index (κ2) is 6.93. The van der Waals surface area contributed by atoms with E-state index < -0.39 is 0 Å². The summed E-state index contributed by atoms with van der Waals surface area (Å²) in [5.41, 5.74) is 6.25. The van der Waals surface area contributed by atoms with Crippen molar-refractivity contribution < 1.29 is 5.11 Å². The van der Waals surface area contributed by atoms with E-state index in [0.717, 1.165) is 24.4 Å². The van der Waals surface area contributed by atoms with Gasteiger partial charge in [0.25, 0.3) is 0 Å². The molecule has 0 bridgehead atoms. The molecule has 0 aliphatic heterocycles. The third-order valence-corrected chi connectivity index (χ3v) is 3.56. The Bertz CT molecular complexity index is 655. The standard InChI is InChI=1S/C17H22N4O/c1-4-21(5-2)13-7-9-16(17(22)11-13)20-19-15-8-6-12(3)10-14(15)18/h6-11,18,20,22H,4-5H2,1-3H3/b18-14?,19-15-. The Labute approximate surface area is 131 Å². The first-order valence-electron chi connectivity index (χ1n) is 7.42. The second-order valence-electron chi connectivity index (χ2n) is 5.12. The summed E-state index contributed by atoms with van der Waals surface area (Å²) < 4.78 is 0. The lowest BCUT2D eigenvalue weighted by Gasteiger charge is -2.21. The van der Waals surface area contributed by atoms with Crippen LogP contribution in [-0.4, -0.2) is 29.6 Å². The first kappa shape index (κ1) is 15.8. The van der Waals surface area contributed by atoms with Crippen LogP contribution in [0, 0.1) is 5.41 Å². The van der Waals surface area contributed by atoms with Crippen LogP contribution >= 0.6 is 0 Å².